The van der Waals surface area contributed by atoms with Crippen LogP contribution in [0.5, 0.6) is 5.75 Å². The average Bonchev–Trinajstić information content (AvgIpc) is 3.05. The summed E-state index contributed by atoms with van der Waals surface area (Å²) >= 11 is 0. The average molecular weight is 597 g/mol. The molecule has 0 heterocycles. The van der Waals surface area contributed by atoms with Gasteiger partial charge < -0.3 is 4.74 Å². The minimum atomic E-state index is 0.553. The third-order valence-electron chi connectivity index (χ3n) is 10.2. The second-order valence-electron chi connectivity index (χ2n) is 13.5. The van der Waals surface area contributed by atoms with E-state index in [1.807, 2.05) is 0 Å². The molecule has 0 spiro atoms. The molecule has 3 rings (SSSR count). The number of hydrogen-bond acceptors (Lipinski definition) is 1. The second-order valence-corrected chi connectivity index (χ2v) is 13.5. The Labute approximate surface area is 272 Å². The topological polar surface area (TPSA) is 9.23 Å². The van der Waals surface area contributed by atoms with E-state index in [1.54, 1.807) is 0 Å². The van der Waals surface area contributed by atoms with Gasteiger partial charge in [-0.25, -0.2) is 0 Å². The predicted octanol–water partition coefficient (Wildman–Crippen LogP) is 13.2. The third kappa shape index (κ3) is 10.5. The van der Waals surface area contributed by atoms with Gasteiger partial charge in [-0.15, -0.1) is 0 Å². The van der Waals surface area contributed by atoms with Gasteiger partial charge in [0.2, 0.25) is 0 Å². The van der Waals surface area contributed by atoms with Crippen molar-refractivity contribution >= 4 is 0 Å². The lowest BCUT2D eigenvalue weighted by molar-refractivity contribution is 0.267. The van der Waals surface area contributed by atoms with Crippen LogP contribution >= 0.6 is 0 Å². The van der Waals surface area contributed by atoms with Crippen molar-refractivity contribution < 1.29 is 4.74 Å². The summed E-state index contributed by atoms with van der Waals surface area (Å²) in [6, 6.07) is 12.3. The van der Waals surface area contributed by atoms with E-state index < -0.39 is 0 Å². The van der Waals surface area contributed by atoms with Gasteiger partial charge >= 0.3 is 0 Å². The zero-order valence-corrected chi connectivity index (χ0v) is 29.4. The van der Waals surface area contributed by atoms with Gasteiger partial charge in [0, 0.05) is 5.92 Å². The molecule has 0 saturated heterocycles. The maximum Gasteiger partial charge on any atom is 0.125 e. The van der Waals surface area contributed by atoms with Crippen molar-refractivity contribution in [2.75, 3.05) is 6.61 Å². The Balaban J connectivity index is 1.98. The van der Waals surface area contributed by atoms with Crippen molar-refractivity contribution in [3.05, 3.63) is 89.0 Å². The van der Waals surface area contributed by atoms with Crippen molar-refractivity contribution in [3.8, 4) is 16.9 Å². The molecule has 0 bridgehead atoms. The Morgan fingerprint density at radius 2 is 1.55 bits per heavy atom. The number of allylic oxidation sites excluding steroid dienone is 4. The van der Waals surface area contributed by atoms with Crippen LogP contribution in [0.3, 0.4) is 0 Å². The van der Waals surface area contributed by atoms with Gasteiger partial charge in [-0.3, -0.25) is 0 Å². The lowest BCUT2D eigenvalue weighted by Crippen LogP contribution is -2.09. The van der Waals surface area contributed by atoms with Gasteiger partial charge in [-0.2, -0.15) is 0 Å². The zero-order valence-electron chi connectivity index (χ0n) is 29.4. The first-order chi connectivity index (χ1) is 21.3. The Morgan fingerprint density at radius 3 is 2.11 bits per heavy atom. The number of unbranched alkanes of at least 4 members (excludes halogenated alkanes) is 3. The van der Waals surface area contributed by atoms with Gasteiger partial charge in [0.15, 0.2) is 0 Å². The van der Waals surface area contributed by atoms with Crippen LogP contribution in [0.4, 0.5) is 0 Å². The molecule has 0 N–H and O–H groups in total. The largest absolute Gasteiger partial charge is 0.493 e. The first kappa shape index (κ1) is 35.9. The fourth-order valence-electron chi connectivity index (χ4n) is 6.84. The number of ether oxygens (including phenoxy) is 1. The quantitative estimate of drug-likeness (QED) is 0.0839. The van der Waals surface area contributed by atoms with Crippen LogP contribution in [-0.4, -0.2) is 6.61 Å². The monoisotopic (exact) mass is 596 g/mol. The summed E-state index contributed by atoms with van der Waals surface area (Å²) < 4.78 is 6.77. The molecule has 1 aliphatic carbocycles. The molecule has 0 amide bonds. The Hall–Kier alpha value is -2.54. The molecule has 2 aromatic rings. The maximum atomic E-state index is 6.77. The molecule has 1 aliphatic rings. The molecule has 1 heteroatoms. The van der Waals surface area contributed by atoms with Crippen LogP contribution in [0.25, 0.3) is 11.1 Å². The smallest absolute Gasteiger partial charge is 0.125 e. The minimum absolute atomic E-state index is 0.553. The van der Waals surface area contributed by atoms with Gasteiger partial charge in [0.1, 0.15) is 5.75 Å². The van der Waals surface area contributed by atoms with E-state index in [-0.39, 0.29) is 0 Å². The third-order valence-corrected chi connectivity index (χ3v) is 10.2. The normalized spacial score (nSPS) is 16.4. The fraction of sp³-hybridized carbons (Fsp3) is 0.581. The highest BCUT2D eigenvalue weighted by Crippen LogP contribution is 2.38. The first-order valence-corrected chi connectivity index (χ1v) is 18.3. The van der Waals surface area contributed by atoms with Gasteiger partial charge in [0.05, 0.1) is 6.61 Å². The molecule has 0 fully saturated rings. The number of rotatable bonds is 20. The summed E-state index contributed by atoms with van der Waals surface area (Å²) in [6.45, 7) is 22.8. The lowest BCUT2D eigenvalue weighted by Gasteiger charge is -2.24. The minimum Gasteiger partial charge on any atom is -0.493 e. The summed E-state index contributed by atoms with van der Waals surface area (Å²) in [5.74, 6) is 3.24. The number of benzene rings is 2. The maximum absolute atomic E-state index is 6.77. The summed E-state index contributed by atoms with van der Waals surface area (Å²) in [4.78, 5) is 0. The van der Waals surface area contributed by atoms with Crippen LogP contribution in [0.1, 0.15) is 147 Å². The molecular formula is C43H64O. The first-order valence-electron chi connectivity index (χ1n) is 18.3. The molecule has 0 radical (unpaired) electrons. The molecule has 0 saturated carbocycles. The van der Waals surface area contributed by atoms with E-state index in [0.717, 1.165) is 69.0 Å². The van der Waals surface area contributed by atoms with Gasteiger partial charge in [-0.05, 0) is 135 Å². The summed E-state index contributed by atoms with van der Waals surface area (Å²) in [5.41, 5.74) is 10.8. The van der Waals surface area contributed by atoms with E-state index in [4.69, 9.17) is 4.74 Å². The zero-order chi connectivity index (χ0) is 31.9. The molecule has 0 aromatic heterocycles. The number of hydrogen-bond donors (Lipinski definition) is 0. The molecule has 2 unspecified atom stereocenters. The predicted molar refractivity (Wildman–Crippen MR) is 195 cm³/mol. The van der Waals surface area contributed by atoms with Crippen molar-refractivity contribution in [3.63, 3.8) is 0 Å². The Bertz CT molecular complexity index is 1210. The Morgan fingerprint density at radius 1 is 0.841 bits per heavy atom. The van der Waals surface area contributed by atoms with E-state index in [2.05, 4.69) is 97.2 Å². The molecule has 1 nitrogen and oxygen atoms in total. The highest BCUT2D eigenvalue weighted by atomic mass is 16.5. The molecule has 44 heavy (non-hydrogen) atoms. The summed E-state index contributed by atoms with van der Waals surface area (Å²) in [7, 11) is 0. The molecule has 2 atom stereocenters. The lowest BCUT2D eigenvalue weighted by atomic mass is 9.82. The molecular weight excluding hydrogens is 532 g/mol. The van der Waals surface area contributed by atoms with Crippen LogP contribution < -0.4 is 4.74 Å². The highest BCUT2D eigenvalue weighted by Gasteiger charge is 2.19. The van der Waals surface area contributed by atoms with Crippen LogP contribution in [0.2, 0.25) is 0 Å². The standard InChI is InChI=1S/C43H64O/c1-9-14-15-19-39-30-41(42-26-25-38(29-36(42)13-5)37-23-21-35(12-4)22-24-37)31-40(20-17-16-18-33(8)32(6)7)43(39)44-28-27-34(10-2)11-3/h21,23,25-26,29-31,34-35,37H,6,8-20,22,24,27-28H2,1-5,7H3. The van der Waals surface area contributed by atoms with Gasteiger partial charge in [0.25, 0.3) is 0 Å². The van der Waals surface area contributed by atoms with E-state index in [9.17, 15) is 0 Å². The Kier molecular flexibility index (Phi) is 15.6. The van der Waals surface area contributed by atoms with Gasteiger partial charge in [-0.1, -0.05) is 115 Å². The molecule has 0 aliphatic heterocycles. The summed E-state index contributed by atoms with van der Waals surface area (Å²) in [6.07, 6.45) is 22.6. The van der Waals surface area contributed by atoms with Crippen molar-refractivity contribution in [2.45, 2.75) is 144 Å². The summed E-state index contributed by atoms with van der Waals surface area (Å²) in [5, 5.41) is 0. The number of aryl methyl sites for hydroxylation is 3. The SMILES string of the molecule is C=C(C)C(=C)CCCCc1cc(-c2ccc(C3C=CC(CC)CC3)cc2CC)cc(CCCCC)c1OCCC(CC)CC. The van der Waals surface area contributed by atoms with E-state index >= 15 is 0 Å². The van der Waals surface area contributed by atoms with Crippen LogP contribution in [-0.2, 0) is 19.3 Å². The van der Waals surface area contributed by atoms with E-state index in [0.29, 0.717) is 5.92 Å². The second kappa shape index (κ2) is 19.1. The van der Waals surface area contributed by atoms with Crippen molar-refractivity contribution in [2.24, 2.45) is 11.8 Å². The molecule has 242 valence electrons. The van der Waals surface area contributed by atoms with Crippen LogP contribution in [0.15, 0.2) is 66.8 Å². The fourth-order valence-corrected chi connectivity index (χ4v) is 6.84. The van der Waals surface area contributed by atoms with Crippen molar-refractivity contribution in [1.29, 1.82) is 0 Å². The highest BCUT2D eigenvalue weighted by molar-refractivity contribution is 5.71. The van der Waals surface area contributed by atoms with Crippen molar-refractivity contribution in [1.82, 2.24) is 0 Å². The van der Waals surface area contributed by atoms with E-state index in [1.165, 1.54) is 96.1 Å². The van der Waals surface area contributed by atoms with Crippen LogP contribution in [0, 0.1) is 11.8 Å². The molecule has 2 aromatic carbocycles.